The Morgan fingerprint density at radius 1 is 0.917 bits per heavy atom. The zero-order chi connectivity index (χ0) is 18.9. The van der Waals surface area contributed by atoms with Crippen molar-refractivity contribution in [3.8, 4) is 0 Å². The van der Waals surface area contributed by atoms with E-state index in [2.05, 4.69) is 38.4 Å². The molecule has 0 aliphatic rings. The van der Waals surface area contributed by atoms with Crippen LogP contribution in [-0.2, 0) is 14.6 Å². The number of hydrogen-bond acceptors (Lipinski definition) is 4. The minimum absolute atomic E-state index is 0.0286. The van der Waals surface area contributed by atoms with Crippen LogP contribution in [0.2, 0.25) is 0 Å². The van der Waals surface area contributed by atoms with Crippen LogP contribution in [0.25, 0.3) is 0 Å². The molecule has 0 saturated heterocycles. The summed E-state index contributed by atoms with van der Waals surface area (Å²) in [6.45, 7) is 11.6. The summed E-state index contributed by atoms with van der Waals surface area (Å²) in [5.41, 5.74) is 0. The Labute approximate surface area is 149 Å². The molecule has 0 rings (SSSR count). The average molecular weight is 364 g/mol. The van der Waals surface area contributed by atoms with Gasteiger partial charge >= 0.3 is 0 Å². The van der Waals surface area contributed by atoms with E-state index >= 15 is 0 Å². The van der Waals surface area contributed by atoms with Crippen LogP contribution >= 0.6 is 0 Å². The molecular formula is C18H37NO4S. The molecule has 0 aliphatic carbocycles. The zero-order valence-corrected chi connectivity index (χ0v) is 16.7. The maximum Gasteiger partial charge on any atom is 0.217 e. The number of rotatable bonds is 14. The topological polar surface area (TPSA) is 66.4 Å². The van der Waals surface area contributed by atoms with Crippen LogP contribution in [0.1, 0.15) is 58.3 Å². The average Bonchev–Trinajstić information content (AvgIpc) is 2.45. The summed E-state index contributed by atoms with van der Waals surface area (Å²) in [5.74, 6) is 0. The van der Waals surface area contributed by atoms with E-state index in [0.717, 1.165) is 30.4 Å². The molecule has 0 aromatic carbocycles. The lowest BCUT2D eigenvalue weighted by molar-refractivity contribution is -0.878. The highest BCUT2D eigenvalue weighted by Crippen LogP contribution is 2.08. The van der Waals surface area contributed by atoms with Crippen molar-refractivity contribution in [3.05, 3.63) is 25.3 Å². The molecule has 0 saturated carbocycles. The Hall–Kier alpha value is -0.690. The summed E-state index contributed by atoms with van der Waals surface area (Å²) in [6.07, 6.45) is 12.8. The van der Waals surface area contributed by atoms with Crippen molar-refractivity contribution in [3.63, 3.8) is 0 Å². The summed E-state index contributed by atoms with van der Waals surface area (Å²) < 4.78 is 35.2. The lowest BCUT2D eigenvalue weighted by Gasteiger charge is -2.26. The largest absolute Gasteiger partial charge is 0.726 e. The number of nitrogens with zero attached hydrogens (tertiary/aromatic N) is 1. The molecule has 0 unspecified atom stereocenters. The van der Waals surface area contributed by atoms with Crippen molar-refractivity contribution in [2.45, 2.75) is 58.3 Å². The lowest BCUT2D eigenvalue weighted by Crippen LogP contribution is -2.39. The highest BCUT2D eigenvalue weighted by molar-refractivity contribution is 7.80. The summed E-state index contributed by atoms with van der Waals surface area (Å²) >= 11 is 0. The van der Waals surface area contributed by atoms with Crippen molar-refractivity contribution in [2.75, 3.05) is 33.8 Å². The van der Waals surface area contributed by atoms with Crippen molar-refractivity contribution in [1.29, 1.82) is 0 Å². The summed E-state index contributed by atoms with van der Waals surface area (Å²) in [6, 6.07) is 0. The fourth-order valence-electron chi connectivity index (χ4n) is 2.17. The normalized spacial score (nSPS) is 11.5. The molecule has 24 heavy (non-hydrogen) atoms. The van der Waals surface area contributed by atoms with Crippen LogP contribution in [0.4, 0.5) is 0 Å². The van der Waals surface area contributed by atoms with Crippen LogP contribution < -0.4 is 0 Å². The summed E-state index contributed by atoms with van der Waals surface area (Å²) in [4.78, 5) is 0. The first-order valence-corrected chi connectivity index (χ1v) is 10.2. The van der Waals surface area contributed by atoms with Gasteiger partial charge in [0.1, 0.15) is 0 Å². The van der Waals surface area contributed by atoms with Gasteiger partial charge in [-0.15, -0.1) is 0 Å². The van der Waals surface area contributed by atoms with Gasteiger partial charge in [0.25, 0.3) is 0 Å². The standard InChI is InChI=1S/C10H22O4S.C8H16N/c1-2-3-4-5-6-7-8-9-10-14-15(11,12)13;1-5-7-9(3,4)8-6-2/h2-10H2,1H3,(H,11,12,13);5-6H,1-2,7-8H2,3-4H3/q;+1/p-1. The van der Waals surface area contributed by atoms with E-state index in [0.29, 0.717) is 6.42 Å². The Morgan fingerprint density at radius 2 is 1.33 bits per heavy atom. The monoisotopic (exact) mass is 363 g/mol. The molecule has 0 fully saturated rings. The molecule has 5 nitrogen and oxygen atoms in total. The predicted octanol–water partition coefficient (Wildman–Crippen LogP) is 4.04. The van der Waals surface area contributed by atoms with Crippen LogP contribution in [0.15, 0.2) is 25.3 Å². The van der Waals surface area contributed by atoms with E-state index in [1.807, 2.05) is 12.2 Å². The van der Waals surface area contributed by atoms with Gasteiger partial charge in [-0.25, -0.2) is 8.42 Å². The molecule has 6 heteroatoms. The van der Waals surface area contributed by atoms with E-state index in [1.54, 1.807) is 0 Å². The highest BCUT2D eigenvalue weighted by atomic mass is 32.3. The van der Waals surface area contributed by atoms with E-state index in [-0.39, 0.29) is 6.61 Å². The van der Waals surface area contributed by atoms with Crippen LogP contribution in [0.3, 0.4) is 0 Å². The second-order valence-electron chi connectivity index (χ2n) is 6.58. The number of quaternary nitrogens is 1. The summed E-state index contributed by atoms with van der Waals surface area (Å²) in [7, 11) is -0.167. The van der Waals surface area contributed by atoms with Gasteiger partial charge in [0.15, 0.2) is 0 Å². The van der Waals surface area contributed by atoms with Gasteiger partial charge in [-0.3, -0.25) is 4.18 Å². The second kappa shape index (κ2) is 15.8. The van der Waals surface area contributed by atoms with Gasteiger partial charge < -0.3 is 9.04 Å². The molecule has 0 heterocycles. The smallest absolute Gasteiger partial charge is 0.217 e. The van der Waals surface area contributed by atoms with Crippen molar-refractivity contribution in [1.82, 2.24) is 0 Å². The molecule has 0 bridgehead atoms. The van der Waals surface area contributed by atoms with Crippen LogP contribution in [0, 0.1) is 0 Å². The van der Waals surface area contributed by atoms with E-state index in [9.17, 15) is 13.0 Å². The van der Waals surface area contributed by atoms with Gasteiger partial charge in [0.05, 0.1) is 33.8 Å². The molecular weight excluding hydrogens is 326 g/mol. The van der Waals surface area contributed by atoms with Crippen molar-refractivity contribution >= 4 is 10.4 Å². The molecule has 0 aliphatic heterocycles. The fraction of sp³-hybridized carbons (Fsp3) is 0.778. The Balaban J connectivity index is 0. The summed E-state index contributed by atoms with van der Waals surface area (Å²) in [5, 5.41) is 0. The molecule has 0 amide bonds. The molecule has 0 atom stereocenters. The van der Waals surface area contributed by atoms with Gasteiger partial charge in [-0.05, 0) is 18.6 Å². The maximum atomic E-state index is 10.1. The third-order valence-electron chi connectivity index (χ3n) is 3.47. The number of unbranched alkanes of at least 4 members (excludes halogenated alkanes) is 7. The molecule has 0 aromatic heterocycles. The Morgan fingerprint density at radius 3 is 1.71 bits per heavy atom. The number of hydrogen-bond donors (Lipinski definition) is 0. The van der Waals surface area contributed by atoms with Crippen molar-refractivity contribution in [2.24, 2.45) is 0 Å². The lowest BCUT2D eigenvalue weighted by atomic mass is 10.1. The molecule has 0 N–H and O–H groups in total. The second-order valence-corrected chi connectivity index (χ2v) is 7.64. The van der Waals surface area contributed by atoms with E-state index in [1.165, 1.54) is 32.1 Å². The third kappa shape index (κ3) is 23.6. The molecule has 0 radical (unpaired) electrons. The minimum atomic E-state index is -4.48. The number of likely N-dealkylation sites (N-methyl/N-ethyl adjacent to an activating group) is 1. The Kier molecular flexibility index (Phi) is 16.8. The minimum Gasteiger partial charge on any atom is -0.726 e. The third-order valence-corrected chi connectivity index (χ3v) is 3.93. The van der Waals surface area contributed by atoms with Crippen LogP contribution in [-0.4, -0.2) is 51.2 Å². The molecule has 0 aromatic rings. The van der Waals surface area contributed by atoms with Crippen LogP contribution in [0.5, 0.6) is 0 Å². The first-order chi connectivity index (χ1) is 11.2. The van der Waals surface area contributed by atoms with Gasteiger partial charge in [-0.1, -0.05) is 65.0 Å². The molecule has 0 spiro atoms. The molecule has 144 valence electrons. The Bertz CT molecular complexity index is 393. The van der Waals surface area contributed by atoms with Crippen molar-refractivity contribution < 1.29 is 21.6 Å². The van der Waals surface area contributed by atoms with Gasteiger partial charge in [-0.2, -0.15) is 0 Å². The quantitative estimate of drug-likeness (QED) is 0.154. The maximum absolute atomic E-state index is 10.1. The predicted molar refractivity (Wildman–Crippen MR) is 100 cm³/mol. The zero-order valence-electron chi connectivity index (χ0n) is 15.8. The van der Waals surface area contributed by atoms with Gasteiger partial charge in [0, 0.05) is 0 Å². The fourth-order valence-corrected chi connectivity index (χ4v) is 2.49. The van der Waals surface area contributed by atoms with Gasteiger partial charge in [0.2, 0.25) is 10.4 Å². The highest BCUT2D eigenvalue weighted by Gasteiger charge is 2.07. The first kappa shape index (κ1) is 25.5. The SMILES string of the molecule is C=CC[N+](C)(C)CC=C.CCCCCCCCCCOS(=O)(=O)[O-]. The first-order valence-electron chi connectivity index (χ1n) is 8.82. The van der Waals surface area contributed by atoms with E-state index in [4.69, 9.17) is 0 Å². The van der Waals surface area contributed by atoms with E-state index < -0.39 is 10.4 Å².